The summed E-state index contributed by atoms with van der Waals surface area (Å²) < 4.78 is 0. The van der Waals surface area contributed by atoms with E-state index >= 15 is 0 Å². The molecule has 4 heteroatoms. The van der Waals surface area contributed by atoms with Crippen LogP contribution in [0.1, 0.15) is 57.4 Å². The molecule has 144 valence electrons. The molecule has 2 saturated carbocycles. The van der Waals surface area contributed by atoms with Crippen molar-refractivity contribution in [1.82, 2.24) is 4.90 Å². The highest BCUT2D eigenvalue weighted by molar-refractivity contribution is 5.85. The van der Waals surface area contributed by atoms with E-state index < -0.39 is 0 Å². The molecule has 3 nitrogen and oxygen atoms in total. The molecule has 0 radical (unpaired) electrons. The summed E-state index contributed by atoms with van der Waals surface area (Å²) in [6, 6.07) is 11.2. The SMILES string of the molecule is CC1(c2ccccc2)CCN(C(=O)C2CC3CCCC(C2)C3N)CC1.Cl. The van der Waals surface area contributed by atoms with Gasteiger partial charge < -0.3 is 10.6 Å². The third kappa shape index (κ3) is 3.66. The van der Waals surface area contributed by atoms with Gasteiger partial charge in [-0.05, 0) is 61.3 Å². The van der Waals surface area contributed by atoms with Gasteiger partial charge in [0.15, 0.2) is 0 Å². The Morgan fingerprint density at radius 1 is 1.08 bits per heavy atom. The lowest BCUT2D eigenvalue weighted by molar-refractivity contribution is -0.140. The zero-order chi connectivity index (χ0) is 17.4. The van der Waals surface area contributed by atoms with Gasteiger partial charge in [0.25, 0.3) is 0 Å². The standard InChI is InChI=1S/C22H32N2O.ClH/c1-22(19-8-3-2-4-9-19)10-12-24(13-11-22)21(25)18-14-16-6-5-7-17(15-18)20(16)23;/h2-4,8-9,16-18,20H,5-7,10-15,23H2,1H3;1H. The maximum absolute atomic E-state index is 13.1. The average Bonchev–Trinajstić information content (AvgIpc) is 2.62. The number of halogens is 1. The molecule has 3 fully saturated rings. The van der Waals surface area contributed by atoms with Crippen molar-refractivity contribution >= 4 is 18.3 Å². The third-order valence-electron chi connectivity index (χ3n) is 7.41. The molecule has 1 aromatic rings. The second-order valence-corrected chi connectivity index (χ2v) is 8.95. The minimum atomic E-state index is 0. The Morgan fingerprint density at radius 3 is 2.23 bits per heavy atom. The van der Waals surface area contributed by atoms with Crippen LogP contribution in [-0.2, 0) is 10.2 Å². The summed E-state index contributed by atoms with van der Waals surface area (Å²) in [7, 11) is 0. The van der Waals surface area contributed by atoms with Crippen LogP contribution in [0.4, 0.5) is 0 Å². The fourth-order valence-electron chi connectivity index (χ4n) is 5.60. The van der Waals surface area contributed by atoms with Crippen molar-refractivity contribution in [1.29, 1.82) is 0 Å². The number of piperidine rings is 1. The highest BCUT2D eigenvalue weighted by Crippen LogP contribution is 2.43. The van der Waals surface area contributed by atoms with Crippen LogP contribution in [0, 0.1) is 17.8 Å². The second kappa shape index (κ2) is 7.90. The lowest BCUT2D eigenvalue weighted by Gasteiger charge is -2.46. The number of benzene rings is 1. The van der Waals surface area contributed by atoms with Crippen molar-refractivity contribution in [2.75, 3.05) is 13.1 Å². The molecule has 26 heavy (non-hydrogen) atoms. The minimum Gasteiger partial charge on any atom is -0.342 e. The highest BCUT2D eigenvalue weighted by Gasteiger charge is 2.42. The van der Waals surface area contributed by atoms with E-state index in [0.29, 0.717) is 23.8 Å². The predicted octanol–water partition coefficient (Wildman–Crippen LogP) is 4.14. The summed E-state index contributed by atoms with van der Waals surface area (Å²) in [5.41, 5.74) is 8.03. The van der Waals surface area contributed by atoms with Crippen LogP contribution in [0.15, 0.2) is 30.3 Å². The molecule has 2 aliphatic carbocycles. The van der Waals surface area contributed by atoms with Crippen molar-refractivity contribution in [2.45, 2.75) is 63.3 Å². The molecule has 1 aromatic carbocycles. The van der Waals surface area contributed by atoms with Crippen LogP contribution in [0.25, 0.3) is 0 Å². The van der Waals surface area contributed by atoms with Crippen LogP contribution in [0.3, 0.4) is 0 Å². The van der Waals surface area contributed by atoms with E-state index in [2.05, 4.69) is 42.2 Å². The number of hydrogen-bond donors (Lipinski definition) is 1. The van der Waals surface area contributed by atoms with Crippen molar-refractivity contribution in [3.05, 3.63) is 35.9 Å². The van der Waals surface area contributed by atoms with Gasteiger partial charge >= 0.3 is 0 Å². The van der Waals surface area contributed by atoms with Gasteiger partial charge in [0.2, 0.25) is 5.91 Å². The van der Waals surface area contributed by atoms with Gasteiger partial charge in [0, 0.05) is 25.0 Å². The number of fused-ring (bicyclic) bond motifs is 2. The van der Waals surface area contributed by atoms with Gasteiger partial charge in [0.05, 0.1) is 0 Å². The van der Waals surface area contributed by atoms with Gasteiger partial charge in [-0.3, -0.25) is 4.79 Å². The first kappa shape index (κ1) is 19.7. The third-order valence-corrected chi connectivity index (χ3v) is 7.41. The first-order chi connectivity index (χ1) is 12.1. The number of nitrogens with two attached hydrogens (primary N) is 1. The van der Waals surface area contributed by atoms with E-state index in [0.717, 1.165) is 38.8 Å². The van der Waals surface area contributed by atoms with Crippen LogP contribution in [0.5, 0.6) is 0 Å². The van der Waals surface area contributed by atoms with Crippen molar-refractivity contribution in [3.8, 4) is 0 Å². The molecule has 2 atom stereocenters. The maximum atomic E-state index is 13.1. The molecule has 1 heterocycles. The smallest absolute Gasteiger partial charge is 0.225 e. The Bertz CT molecular complexity index is 598. The number of nitrogens with zero attached hydrogens (tertiary/aromatic N) is 1. The fraction of sp³-hybridized carbons (Fsp3) is 0.682. The van der Waals surface area contributed by atoms with Gasteiger partial charge in [-0.2, -0.15) is 0 Å². The molecule has 2 N–H and O–H groups in total. The average molecular weight is 377 g/mol. The molecule has 2 bridgehead atoms. The summed E-state index contributed by atoms with van der Waals surface area (Å²) in [5, 5.41) is 0. The predicted molar refractivity (Wildman–Crippen MR) is 108 cm³/mol. The lowest BCUT2D eigenvalue weighted by Crippen LogP contribution is -2.51. The molecular weight excluding hydrogens is 344 g/mol. The summed E-state index contributed by atoms with van der Waals surface area (Å²) in [6.45, 7) is 4.17. The van der Waals surface area contributed by atoms with E-state index in [1.54, 1.807) is 0 Å². The van der Waals surface area contributed by atoms with Crippen LogP contribution < -0.4 is 5.73 Å². The molecule has 4 rings (SSSR count). The van der Waals surface area contributed by atoms with Crippen LogP contribution >= 0.6 is 12.4 Å². The monoisotopic (exact) mass is 376 g/mol. The van der Waals surface area contributed by atoms with E-state index in [1.807, 2.05) is 0 Å². The molecule has 1 amide bonds. The Labute approximate surface area is 164 Å². The van der Waals surface area contributed by atoms with E-state index in [-0.39, 0.29) is 23.7 Å². The number of amides is 1. The van der Waals surface area contributed by atoms with Gasteiger partial charge in [-0.25, -0.2) is 0 Å². The number of rotatable bonds is 2. The lowest BCUT2D eigenvalue weighted by atomic mass is 9.64. The van der Waals surface area contributed by atoms with Gasteiger partial charge in [0.1, 0.15) is 0 Å². The molecule has 2 unspecified atom stereocenters. The molecule has 0 aromatic heterocycles. The van der Waals surface area contributed by atoms with Crippen LogP contribution in [-0.4, -0.2) is 29.9 Å². The van der Waals surface area contributed by atoms with E-state index in [4.69, 9.17) is 5.73 Å². The Hall–Kier alpha value is -1.06. The molecule has 1 aliphatic heterocycles. The van der Waals surface area contributed by atoms with Crippen molar-refractivity contribution in [2.24, 2.45) is 23.5 Å². The summed E-state index contributed by atoms with van der Waals surface area (Å²) in [6.07, 6.45) is 7.97. The number of carbonyl (C=O) groups excluding carboxylic acids is 1. The number of hydrogen-bond acceptors (Lipinski definition) is 2. The number of carbonyl (C=O) groups is 1. The zero-order valence-corrected chi connectivity index (χ0v) is 16.7. The molecule has 1 saturated heterocycles. The Kier molecular flexibility index (Phi) is 5.98. The topological polar surface area (TPSA) is 46.3 Å². The number of likely N-dealkylation sites (tertiary alicyclic amines) is 1. The van der Waals surface area contributed by atoms with Gasteiger partial charge in [-0.1, -0.05) is 43.7 Å². The second-order valence-electron chi connectivity index (χ2n) is 8.95. The summed E-state index contributed by atoms with van der Waals surface area (Å²) in [4.78, 5) is 15.3. The quantitative estimate of drug-likeness (QED) is 0.843. The first-order valence-corrected chi connectivity index (χ1v) is 10.2. The molecule has 3 aliphatic rings. The normalized spacial score (nSPS) is 33.2. The largest absolute Gasteiger partial charge is 0.342 e. The fourth-order valence-corrected chi connectivity index (χ4v) is 5.60. The van der Waals surface area contributed by atoms with Crippen LogP contribution in [0.2, 0.25) is 0 Å². The highest BCUT2D eigenvalue weighted by atomic mass is 35.5. The summed E-state index contributed by atoms with van der Waals surface area (Å²) >= 11 is 0. The van der Waals surface area contributed by atoms with Gasteiger partial charge in [-0.15, -0.1) is 12.4 Å². The summed E-state index contributed by atoms with van der Waals surface area (Å²) in [5.74, 6) is 1.82. The zero-order valence-electron chi connectivity index (χ0n) is 15.9. The first-order valence-electron chi connectivity index (χ1n) is 10.2. The van der Waals surface area contributed by atoms with Crippen molar-refractivity contribution in [3.63, 3.8) is 0 Å². The van der Waals surface area contributed by atoms with Crippen molar-refractivity contribution < 1.29 is 4.79 Å². The van der Waals surface area contributed by atoms with E-state index in [9.17, 15) is 4.79 Å². The molecule has 0 spiro atoms. The Balaban J connectivity index is 0.00000196. The molecular formula is C22H33ClN2O. The minimum absolute atomic E-state index is 0. The Morgan fingerprint density at radius 2 is 1.65 bits per heavy atom. The van der Waals surface area contributed by atoms with E-state index in [1.165, 1.54) is 24.8 Å². The maximum Gasteiger partial charge on any atom is 0.225 e.